The van der Waals surface area contributed by atoms with Gasteiger partial charge in [0, 0.05) is 47.9 Å². The Morgan fingerprint density at radius 3 is 2.22 bits per heavy atom. The summed E-state index contributed by atoms with van der Waals surface area (Å²) in [5.41, 5.74) is 5.68. The maximum absolute atomic E-state index is 13.5. The second kappa shape index (κ2) is 15.8. The van der Waals surface area contributed by atoms with Gasteiger partial charge in [0.2, 0.25) is 5.91 Å². The Kier molecular flexibility index (Phi) is 11.4. The number of carboxylic acids is 1. The molecule has 1 saturated heterocycles. The molecule has 1 aliphatic heterocycles. The zero-order chi connectivity index (χ0) is 36.3. The minimum atomic E-state index is -0.909. The molecule has 3 aromatic rings. The Bertz CT molecular complexity index is 1730. The van der Waals surface area contributed by atoms with Crippen LogP contribution in [0.15, 0.2) is 54.4 Å². The zero-order valence-electron chi connectivity index (χ0n) is 30.9. The summed E-state index contributed by atoms with van der Waals surface area (Å²) in [5.74, 6) is 1.23. The number of carboxylic acid groups (broad SMARTS) is 1. The van der Waals surface area contributed by atoms with E-state index in [1.807, 2.05) is 42.7 Å². The molecule has 9 heteroatoms. The molecule has 6 rings (SSSR count). The topological polar surface area (TPSA) is 112 Å². The maximum atomic E-state index is 13.5. The van der Waals surface area contributed by atoms with Crippen LogP contribution >= 0.6 is 11.3 Å². The Balaban J connectivity index is 1.10. The molecule has 2 aliphatic carbocycles. The number of amides is 2. The SMILES string of the molecule is CCCC1CCC(C2CCC(c3cnc(-c4ccc(C[C@H](NC(=O)c5ccc(C(C)(C)C)s5)C(=O)N5CC(C(=O)O)C5)cc4)nc3)=C(C)C2)CC1. The number of allylic oxidation sites excluding steroid dienone is 2. The van der Waals surface area contributed by atoms with Crippen LogP contribution < -0.4 is 5.32 Å². The third-order valence-electron chi connectivity index (χ3n) is 11.5. The summed E-state index contributed by atoms with van der Waals surface area (Å²) in [7, 11) is 0. The third-order valence-corrected chi connectivity index (χ3v) is 13.0. The standard InChI is InChI=1S/C42H54N4O4S/c1-6-7-27-8-12-29(13-9-27)31-16-17-34(26(2)20-31)32-22-43-38(44-23-32)30-14-10-28(11-15-30)21-35(40(48)46-24-33(25-46)41(49)50)45-39(47)36-18-19-37(51-36)42(3,4)5/h10-11,14-15,18-19,22-23,27,29,31,33,35H,6-9,12-13,16-17,20-21,24-25H2,1-5H3,(H,45,47)(H,49,50)/t27?,29?,31?,35-/m0/s1. The molecule has 2 atom stereocenters. The van der Waals surface area contributed by atoms with E-state index in [1.165, 1.54) is 78.7 Å². The number of aromatic nitrogens is 2. The van der Waals surface area contributed by atoms with Crippen LogP contribution in [0.3, 0.4) is 0 Å². The summed E-state index contributed by atoms with van der Waals surface area (Å²) in [4.78, 5) is 50.9. The van der Waals surface area contributed by atoms with Crippen molar-refractivity contribution in [3.8, 4) is 11.4 Å². The maximum Gasteiger partial charge on any atom is 0.310 e. The molecule has 272 valence electrons. The molecule has 2 N–H and O–H groups in total. The lowest BCUT2D eigenvalue weighted by atomic mass is 9.69. The number of nitrogens with one attached hydrogen (secondary N) is 1. The van der Waals surface area contributed by atoms with Gasteiger partial charge >= 0.3 is 5.97 Å². The van der Waals surface area contributed by atoms with Crippen molar-refractivity contribution < 1.29 is 19.5 Å². The number of nitrogens with zero attached hydrogens (tertiary/aromatic N) is 3. The molecule has 1 aromatic carbocycles. The lowest BCUT2D eigenvalue weighted by molar-refractivity contribution is -0.153. The molecule has 2 aromatic heterocycles. The Hall–Kier alpha value is -3.85. The van der Waals surface area contributed by atoms with Crippen molar-refractivity contribution in [2.45, 2.75) is 110 Å². The van der Waals surface area contributed by atoms with Gasteiger partial charge < -0.3 is 15.3 Å². The van der Waals surface area contributed by atoms with E-state index in [0.29, 0.717) is 10.7 Å². The first-order valence-electron chi connectivity index (χ1n) is 18.9. The molecule has 2 amide bonds. The van der Waals surface area contributed by atoms with Crippen molar-refractivity contribution in [1.29, 1.82) is 0 Å². The Labute approximate surface area is 307 Å². The fraction of sp³-hybridized carbons (Fsp3) is 0.548. The van der Waals surface area contributed by atoms with Crippen LogP contribution in [-0.2, 0) is 21.4 Å². The van der Waals surface area contributed by atoms with Gasteiger partial charge in [0.25, 0.3) is 5.91 Å². The first-order chi connectivity index (χ1) is 24.4. The Morgan fingerprint density at radius 1 is 0.941 bits per heavy atom. The van der Waals surface area contributed by atoms with E-state index in [0.717, 1.165) is 45.7 Å². The van der Waals surface area contributed by atoms with E-state index in [9.17, 15) is 19.5 Å². The van der Waals surface area contributed by atoms with Gasteiger partial charge in [-0.1, -0.05) is 83.2 Å². The third kappa shape index (κ3) is 8.79. The second-order valence-corrected chi connectivity index (χ2v) is 17.3. The normalized spacial score (nSPS) is 22.0. The van der Waals surface area contributed by atoms with E-state index < -0.39 is 17.9 Å². The van der Waals surface area contributed by atoms with Gasteiger partial charge in [0.15, 0.2) is 5.82 Å². The number of carbonyl (C=O) groups excluding carboxylic acids is 2. The number of hydrogen-bond acceptors (Lipinski definition) is 6. The number of benzene rings is 1. The van der Waals surface area contributed by atoms with E-state index in [-0.39, 0.29) is 36.7 Å². The first-order valence-corrected chi connectivity index (χ1v) is 19.7. The predicted octanol–water partition coefficient (Wildman–Crippen LogP) is 8.57. The first kappa shape index (κ1) is 36.9. The lowest BCUT2D eigenvalue weighted by Crippen LogP contribution is -2.59. The second-order valence-electron chi connectivity index (χ2n) is 16.2. The van der Waals surface area contributed by atoms with E-state index >= 15 is 0 Å². The fourth-order valence-corrected chi connectivity index (χ4v) is 9.26. The van der Waals surface area contributed by atoms with Crippen molar-refractivity contribution in [2.24, 2.45) is 23.7 Å². The van der Waals surface area contributed by atoms with Crippen LogP contribution in [0.25, 0.3) is 17.0 Å². The van der Waals surface area contributed by atoms with Gasteiger partial charge in [0.1, 0.15) is 6.04 Å². The number of likely N-dealkylation sites (tertiary alicyclic amines) is 1. The molecule has 3 aliphatic rings. The van der Waals surface area contributed by atoms with Crippen molar-refractivity contribution in [2.75, 3.05) is 13.1 Å². The minimum Gasteiger partial charge on any atom is -0.481 e. The molecular formula is C42H54N4O4S. The smallest absolute Gasteiger partial charge is 0.310 e. The summed E-state index contributed by atoms with van der Waals surface area (Å²) in [6.07, 6.45) is 16.1. The molecule has 1 unspecified atom stereocenters. The van der Waals surface area contributed by atoms with Gasteiger partial charge in [-0.15, -0.1) is 11.3 Å². The van der Waals surface area contributed by atoms with Gasteiger partial charge in [0.05, 0.1) is 10.8 Å². The predicted molar refractivity (Wildman–Crippen MR) is 203 cm³/mol. The Morgan fingerprint density at radius 2 is 1.63 bits per heavy atom. The summed E-state index contributed by atoms with van der Waals surface area (Å²) in [5, 5.41) is 12.3. The highest BCUT2D eigenvalue weighted by atomic mass is 32.1. The molecule has 2 fully saturated rings. The summed E-state index contributed by atoms with van der Waals surface area (Å²) in [6, 6.07) is 10.7. The number of thiophene rings is 1. The average molecular weight is 711 g/mol. The highest BCUT2D eigenvalue weighted by Gasteiger charge is 2.39. The number of aliphatic carboxylic acids is 1. The van der Waals surface area contributed by atoms with Gasteiger partial charge in [-0.05, 0) is 85.5 Å². The van der Waals surface area contributed by atoms with Crippen molar-refractivity contribution in [3.63, 3.8) is 0 Å². The lowest BCUT2D eigenvalue weighted by Gasteiger charge is -2.38. The monoisotopic (exact) mass is 710 g/mol. The van der Waals surface area contributed by atoms with Gasteiger partial charge in [-0.25, -0.2) is 9.97 Å². The summed E-state index contributed by atoms with van der Waals surface area (Å²) >= 11 is 1.43. The summed E-state index contributed by atoms with van der Waals surface area (Å²) < 4.78 is 0. The number of hydrogen-bond donors (Lipinski definition) is 2. The van der Waals surface area contributed by atoms with E-state index in [2.05, 4.69) is 39.9 Å². The van der Waals surface area contributed by atoms with Crippen LogP contribution in [0.1, 0.15) is 118 Å². The molecule has 0 spiro atoms. The van der Waals surface area contributed by atoms with Crippen molar-refractivity contribution in [3.05, 3.63) is 75.2 Å². The number of carbonyl (C=O) groups is 3. The van der Waals surface area contributed by atoms with Crippen molar-refractivity contribution in [1.82, 2.24) is 20.2 Å². The number of rotatable bonds is 11. The molecule has 0 radical (unpaired) electrons. The molecule has 0 bridgehead atoms. The van der Waals surface area contributed by atoms with Crippen LogP contribution in [0, 0.1) is 23.7 Å². The largest absolute Gasteiger partial charge is 0.481 e. The van der Waals surface area contributed by atoms with Crippen LogP contribution in [0.4, 0.5) is 0 Å². The van der Waals surface area contributed by atoms with E-state index in [4.69, 9.17) is 9.97 Å². The van der Waals surface area contributed by atoms with E-state index in [1.54, 1.807) is 6.07 Å². The molecule has 8 nitrogen and oxygen atoms in total. The van der Waals surface area contributed by atoms with Gasteiger partial charge in [-0.3, -0.25) is 14.4 Å². The van der Waals surface area contributed by atoms with Crippen LogP contribution in [0.5, 0.6) is 0 Å². The molecule has 3 heterocycles. The quantitative estimate of drug-likeness (QED) is 0.206. The molecule has 1 saturated carbocycles. The fourth-order valence-electron chi connectivity index (χ4n) is 8.30. The van der Waals surface area contributed by atoms with Crippen molar-refractivity contribution >= 4 is 34.7 Å². The summed E-state index contributed by atoms with van der Waals surface area (Å²) in [6.45, 7) is 11.2. The highest BCUT2D eigenvalue weighted by Crippen LogP contribution is 2.44. The van der Waals surface area contributed by atoms with Crippen LogP contribution in [0.2, 0.25) is 0 Å². The zero-order valence-corrected chi connectivity index (χ0v) is 31.7. The highest BCUT2D eigenvalue weighted by molar-refractivity contribution is 7.14. The average Bonchev–Trinajstić information content (AvgIpc) is 3.60. The van der Waals surface area contributed by atoms with Crippen LogP contribution in [-0.4, -0.2) is 56.9 Å². The van der Waals surface area contributed by atoms with Gasteiger partial charge in [-0.2, -0.15) is 0 Å². The molecular weight excluding hydrogens is 657 g/mol. The molecule has 51 heavy (non-hydrogen) atoms. The minimum absolute atomic E-state index is 0.0873.